The Morgan fingerprint density at radius 3 is 2.68 bits per heavy atom. The van der Waals surface area contributed by atoms with E-state index in [0.29, 0.717) is 39.3 Å². The molecule has 0 aliphatic carbocycles. The Morgan fingerprint density at radius 1 is 1.16 bits per heavy atom. The first-order valence-corrected chi connectivity index (χ1v) is 10.9. The Labute approximate surface area is 193 Å². The van der Waals surface area contributed by atoms with Gasteiger partial charge in [0.1, 0.15) is 15.8 Å². The predicted molar refractivity (Wildman–Crippen MR) is 126 cm³/mol. The second-order valence-electron chi connectivity index (χ2n) is 6.77. The third kappa shape index (κ3) is 4.74. The maximum Gasteiger partial charge on any atom is 0.337 e. The zero-order chi connectivity index (χ0) is 22.0. The Bertz CT molecular complexity index is 1200. The molecule has 1 fully saturated rings. The van der Waals surface area contributed by atoms with Crippen molar-refractivity contribution in [2.75, 3.05) is 6.54 Å². The molecule has 1 aliphatic rings. The molecule has 4 rings (SSSR count). The lowest BCUT2D eigenvalue weighted by Crippen LogP contribution is -2.30. The standard InChI is InChI=1S/C23H16ClNO4S2/c24-18-8-6-15(12-17(18)22(27)28)19-9-7-16(29-19)13-20-21(26)25(23(30)31-20)11-10-14-4-2-1-3-5-14/h1-9,12-13H,10-11H2,(H,27,28)/b20-13+. The zero-order valence-electron chi connectivity index (χ0n) is 16.1. The number of carbonyl (C=O) groups is 2. The zero-order valence-corrected chi connectivity index (χ0v) is 18.5. The summed E-state index contributed by atoms with van der Waals surface area (Å²) in [6, 6.07) is 18.0. The predicted octanol–water partition coefficient (Wildman–Crippen LogP) is 5.74. The molecule has 0 atom stereocenters. The average Bonchev–Trinajstić information content (AvgIpc) is 3.32. The van der Waals surface area contributed by atoms with Crippen LogP contribution in [0.5, 0.6) is 0 Å². The highest BCUT2D eigenvalue weighted by Gasteiger charge is 2.32. The van der Waals surface area contributed by atoms with Crippen LogP contribution in [0.2, 0.25) is 5.02 Å². The number of carboxylic acid groups (broad SMARTS) is 1. The molecule has 0 unspecified atom stereocenters. The number of halogens is 1. The van der Waals surface area contributed by atoms with E-state index in [1.165, 1.54) is 23.9 Å². The van der Waals surface area contributed by atoms with Crippen molar-refractivity contribution >= 4 is 57.9 Å². The molecule has 0 radical (unpaired) electrons. The average molecular weight is 470 g/mol. The summed E-state index contributed by atoms with van der Waals surface area (Å²) < 4.78 is 6.33. The van der Waals surface area contributed by atoms with Crippen LogP contribution in [0.4, 0.5) is 0 Å². The van der Waals surface area contributed by atoms with Gasteiger partial charge in [-0.2, -0.15) is 0 Å². The lowest BCUT2D eigenvalue weighted by Gasteiger charge is -2.14. The summed E-state index contributed by atoms with van der Waals surface area (Å²) >= 11 is 12.6. The molecule has 156 valence electrons. The summed E-state index contributed by atoms with van der Waals surface area (Å²) in [5.41, 5.74) is 1.72. The van der Waals surface area contributed by atoms with E-state index in [2.05, 4.69) is 0 Å². The van der Waals surface area contributed by atoms with Gasteiger partial charge in [0.2, 0.25) is 0 Å². The maximum atomic E-state index is 12.8. The number of carboxylic acids is 1. The van der Waals surface area contributed by atoms with E-state index in [-0.39, 0.29) is 16.5 Å². The molecule has 2 aromatic carbocycles. The van der Waals surface area contributed by atoms with Crippen molar-refractivity contribution in [3.8, 4) is 11.3 Å². The van der Waals surface area contributed by atoms with Crippen molar-refractivity contribution in [1.29, 1.82) is 0 Å². The first kappa shape index (κ1) is 21.4. The second kappa shape index (κ2) is 9.09. The summed E-state index contributed by atoms with van der Waals surface area (Å²) in [5, 5.41) is 9.40. The summed E-state index contributed by atoms with van der Waals surface area (Å²) in [6.07, 6.45) is 2.37. The van der Waals surface area contributed by atoms with Crippen molar-refractivity contribution in [2.24, 2.45) is 0 Å². The number of carbonyl (C=O) groups excluding carboxylic acids is 1. The minimum absolute atomic E-state index is 0.00333. The lowest BCUT2D eigenvalue weighted by molar-refractivity contribution is -0.122. The Balaban J connectivity index is 1.50. The van der Waals surface area contributed by atoms with Crippen molar-refractivity contribution in [2.45, 2.75) is 6.42 Å². The summed E-state index contributed by atoms with van der Waals surface area (Å²) in [6.45, 7) is 0.512. The number of hydrogen-bond donors (Lipinski definition) is 1. The fourth-order valence-corrected chi connectivity index (χ4v) is 4.62. The summed E-state index contributed by atoms with van der Waals surface area (Å²) in [7, 11) is 0. The summed E-state index contributed by atoms with van der Waals surface area (Å²) in [5.74, 6) is -0.309. The van der Waals surface area contributed by atoms with Crippen LogP contribution in [0.25, 0.3) is 17.4 Å². The number of nitrogens with zero attached hydrogens (tertiary/aromatic N) is 1. The van der Waals surface area contributed by atoms with E-state index >= 15 is 0 Å². The third-order valence-corrected chi connectivity index (χ3v) is 6.43. The van der Waals surface area contributed by atoms with E-state index in [1.54, 1.807) is 29.2 Å². The molecular formula is C23H16ClNO4S2. The van der Waals surface area contributed by atoms with Crippen LogP contribution in [-0.2, 0) is 11.2 Å². The van der Waals surface area contributed by atoms with Crippen LogP contribution in [0.1, 0.15) is 21.7 Å². The van der Waals surface area contributed by atoms with E-state index < -0.39 is 5.97 Å². The molecule has 5 nitrogen and oxygen atoms in total. The number of thiocarbonyl (C=S) groups is 1. The fourth-order valence-electron chi connectivity index (χ4n) is 3.14. The van der Waals surface area contributed by atoms with E-state index in [4.69, 9.17) is 28.2 Å². The van der Waals surface area contributed by atoms with E-state index in [1.807, 2.05) is 30.3 Å². The van der Waals surface area contributed by atoms with Crippen LogP contribution in [0.15, 0.2) is 70.0 Å². The van der Waals surface area contributed by atoms with Gasteiger partial charge in [-0.05, 0) is 42.3 Å². The number of amides is 1. The molecule has 1 aliphatic heterocycles. The second-order valence-corrected chi connectivity index (χ2v) is 8.85. The van der Waals surface area contributed by atoms with Gasteiger partial charge in [-0.1, -0.05) is 65.9 Å². The number of furan rings is 1. The van der Waals surface area contributed by atoms with Gasteiger partial charge in [0, 0.05) is 18.2 Å². The van der Waals surface area contributed by atoms with Crippen molar-refractivity contribution in [3.63, 3.8) is 0 Å². The van der Waals surface area contributed by atoms with Gasteiger partial charge in [-0.25, -0.2) is 4.79 Å². The van der Waals surface area contributed by atoms with Gasteiger partial charge in [0.15, 0.2) is 0 Å². The first-order chi connectivity index (χ1) is 14.9. The topological polar surface area (TPSA) is 70.8 Å². The van der Waals surface area contributed by atoms with Crippen LogP contribution >= 0.6 is 35.6 Å². The lowest BCUT2D eigenvalue weighted by atomic mass is 10.1. The van der Waals surface area contributed by atoms with Crippen molar-refractivity contribution < 1.29 is 19.1 Å². The molecule has 3 aromatic rings. The Hall–Kier alpha value is -2.87. The van der Waals surface area contributed by atoms with Crippen LogP contribution in [-0.4, -0.2) is 32.7 Å². The maximum absolute atomic E-state index is 12.8. The highest BCUT2D eigenvalue weighted by Crippen LogP contribution is 2.34. The highest BCUT2D eigenvalue weighted by molar-refractivity contribution is 8.26. The number of benzene rings is 2. The number of rotatable bonds is 6. The monoisotopic (exact) mass is 469 g/mol. The number of thioether (sulfide) groups is 1. The smallest absolute Gasteiger partial charge is 0.337 e. The molecule has 1 N–H and O–H groups in total. The normalized spacial score (nSPS) is 15.1. The van der Waals surface area contributed by atoms with E-state index in [0.717, 1.165) is 5.56 Å². The SMILES string of the molecule is O=C(O)c1cc(-c2ccc(/C=C3/SC(=S)N(CCc4ccccc4)C3=O)o2)ccc1Cl. The fraction of sp³-hybridized carbons (Fsp3) is 0.0870. The molecule has 31 heavy (non-hydrogen) atoms. The van der Waals surface area contributed by atoms with E-state index in [9.17, 15) is 14.7 Å². The number of aromatic carboxylic acids is 1. The first-order valence-electron chi connectivity index (χ1n) is 9.35. The van der Waals surface area contributed by atoms with Gasteiger partial charge in [0.05, 0.1) is 15.5 Å². The molecule has 1 aromatic heterocycles. The highest BCUT2D eigenvalue weighted by atomic mass is 35.5. The largest absolute Gasteiger partial charge is 0.478 e. The number of hydrogen-bond acceptors (Lipinski definition) is 5. The molecule has 0 spiro atoms. The van der Waals surface area contributed by atoms with Crippen LogP contribution < -0.4 is 0 Å². The van der Waals surface area contributed by atoms with Crippen molar-refractivity contribution in [3.05, 3.63) is 87.5 Å². The quantitative estimate of drug-likeness (QED) is 0.366. The van der Waals surface area contributed by atoms with Gasteiger partial charge < -0.3 is 9.52 Å². The van der Waals surface area contributed by atoms with Gasteiger partial charge in [-0.3, -0.25) is 9.69 Å². The Morgan fingerprint density at radius 2 is 1.94 bits per heavy atom. The van der Waals surface area contributed by atoms with Gasteiger partial charge in [0.25, 0.3) is 5.91 Å². The van der Waals surface area contributed by atoms with Crippen LogP contribution in [0, 0.1) is 0 Å². The summed E-state index contributed by atoms with van der Waals surface area (Å²) in [4.78, 5) is 26.2. The molecule has 1 saturated heterocycles. The third-order valence-electron chi connectivity index (χ3n) is 4.72. The van der Waals surface area contributed by atoms with Crippen molar-refractivity contribution in [1.82, 2.24) is 4.90 Å². The van der Waals surface area contributed by atoms with Gasteiger partial charge in [-0.15, -0.1) is 0 Å². The van der Waals surface area contributed by atoms with Crippen LogP contribution in [0.3, 0.4) is 0 Å². The Kier molecular flexibility index (Phi) is 6.27. The molecule has 2 heterocycles. The van der Waals surface area contributed by atoms with Gasteiger partial charge >= 0.3 is 5.97 Å². The molecule has 8 heteroatoms. The molecular weight excluding hydrogens is 454 g/mol. The minimum Gasteiger partial charge on any atom is -0.478 e. The molecule has 0 bridgehead atoms. The minimum atomic E-state index is -1.11. The molecule has 1 amide bonds. The molecule has 0 saturated carbocycles.